The van der Waals surface area contributed by atoms with Gasteiger partial charge in [0.05, 0.1) is 43.3 Å². The van der Waals surface area contributed by atoms with Gasteiger partial charge in [0.15, 0.2) is 0 Å². The minimum absolute atomic E-state index is 0.00569. The third-order valence-corrected chi connectivity index (χ3v) is 3.33. The molecule has 1 aliphatic rings. The van der Waals surface area contributed by atoms with Gasteiger partial charge in [0.1, 0.15) is 5.56 Å². The molecular formula is C14H13F2N3O3. The Morgan fingerprint density at radius 2 is 2.23 bits per heavy atom. The lowest BCUT2D eigenvalue weighted by Gasteiger charge is -2.28. The summed E-state index contributed by atoms with van der Waals surface area (Å²) in [6.45, 7) is 2.67. The van der Waals surface area contributed by atoms with E-state index in [1.54, 1.807) is 6.92 Å². The smallest absolute Gasteiger partial charge is 0.341 e. The van der Waals surface area contributed by atoms with Crippen LogP contribution >= 0.6 is 0 Å². The maximum Gasteiger partial charge on any atom is 0.341 e. The summed E-state index contributed by atoms with van der Waals surface area (Å²) in [5, 5.41) is 4.13. The van der Waals surface area contributed by atoms with E-state index in [1.807, 2.05) is 0 Å². The highest BCUT2D eigenvalue weighted by molar-refractivity contribution is 5.96. The van der Waals surface area contributed by atoms with Crippen LogP contribution in [-0.4, -0.2) is 40.6 Å². The molecule has 0 spiro atoms. The number of hydrogen-bond donors (Lipinski definition) is 0. The fourth-order valence-electron chi connectivity index (χ4n) is 2.22. The van der Waals surface area contributed by atoms with Gasteiger partial charge in [-0.2, -0.15) is 18.9 Å². The van der Waals surface area contributed by atoms with Crippen LogP contribution in [0, 0.1) is 11.9 Å². The zero-order valence-corrected chi connectivity index (χ0v) is 11.8. The van der Waals surface area contributed by atoms with Crippen LogP contribution in [-0.2, 0) is 9.47 Å². The van der Waals surface area contributed by atoms with Crippen molar-refractivity contribution in [3.63, 3.8) is 0 Å². The number of hydrogen-bond acceptors (Lipinski definition) is 5. The Hall–Kier alpha value is -2.35. The van der Waals surface area contributed by atoms with E-state index >= 15 is 0 Å². The number of nitrogens with zero attached hydrogens (tertiary/aromatic N) is 3. The minimum atomic E-state index is -1.01. The maximum absolute atomic E-state index is 14.0. The molecule has 0 amide bonds. The molecule has 116 valence electrons. The van der Waals surface area contributed by atoms with E-state index in [2.05, 4.69) is 10.1 Å². The average Bonchev–Trinajstić information content (AvgIpc) is 2.81. The SMILES string of the molecule is CCOC(=O)c1cnn(C2COC2)c1-c1ccc(F)nc1F. The normalized spacial score (nSPS) is 14.7. The Labute approximate surface area is 124 Å². The van der Waals surface area contributed by atoms with E-state index in [9.17, 15) is 13.6 Å². The number of halogens is 2. The van der Waals surface area contributed by atoms with E-state index < -0.39 is 17.9 Å². The average molecular weight is 309 g/mol. The molecule has 0 unspecified atom stereocenters. The highest BCUT2D eigenvalue weighted by Gasteiger charge is 2.30. The summed E-state index contributed by atoms with van der Waals surface area (Å²) in [4.78, 5) is 15.2. The molecule has 0 atom stereocenters. The Morgan fingerprint density at radius 3 is 2.82 bits per heavy atom. The third kappa shape index (κ3) is 2.45. The molecule has 1 saturated heterocycles. The Bertz CT molecular complexity index is 713. The molecule has 2 aromatic heterocycles. The van der Waals surface area contributed by atoms with Crippen molar-refractivity contribution in [3.05, 3.63) is 35.8 Å². The van der Waals surface area contributed by atoms with Gasteiger partial charge in [-0.05, 0) is 19.1 Å². The highest BCUT2D eigenvalue weighted by atomic mass is 19.1. The van der Waals surface area contributed by atoms with Gasteiger partial charge in [0.2, 0.25) is 11.9 Å². The van der Waals surface area contributed by atoms with Gasteiger partial charge in [-0.3, -0.25) is 4.68 Å². The summed E-state index contributed by atoms with van der Waals surface area (Å²) in [6, 6.07) is 2.15. The number of pyridine rings is 1. The Kier molecular flexibility index (Phi) is 3.84. The molecule has 0 bridgehead atoms. The summed E-state index contributed by atoms with van der Waals surface area (Å²) in [5.41, 5.74) is 0.326. The zero-order chi connectivity index (χ0) is 15.7. The number of aromatic nitrogens is 3. The molecule has 22 heavy (non-hydrogen) atoms. The molecule has 1 aliphatic heterocycles. The van der Waals surface area contributed by atoms with Gasteiger partial charge < -0.3 is 9.47 Å². The number of esters is 1. The molecule has 0 radical (unpaired) electrons. The van der Waals surface area contributed by atoms with Crippen LogP contribution in [0.4, 0.5) is 8.78 Å². The molecule has 0 saturated carbocycles. The first kappa shape index (κ1) is 14.6. The Balaban J connectivity index is 2.13. The van der Waals surface area contributed by atoms with Crippen LogP contribution in [0.2, 0.25) is 0 Å². The van der Waals surface area contributed by atoms with Gasteiger partial charge in [0, 0.05) is 0 Å². The van der Waals surface area contributed by atoms with Crippen LogP contribution < -0.4 is 0 Å². The lowest BCUT2D eigenvalue weighted by Crippen LogP contribution is -2.32. The van der Waals surface area contributed by atoms with Crippen molar-refractivity contribution in [2.24, 2.45) is 0 Å². The van der Waals surface area contributed by atoms with Crippen LogP contribution in [0.15, 0.2) is 18.3 Å². The number of carbonyl (C=O) groups is 1. The van der Waals surface area contributed by atoms with Crippen LogP contribution in [0.1, 0.15) is 23.3 Å². The lowest BCUT2D eigenvalue weighted by atomic mass is 10.1. The fraction of sp³-hybridized carbons (Fsp3) is 0.357. The molecular weight excluding hydrogens is 296 g/mol. The van der Waals surface area contributed by atoms with E-state index in [1.165, 1.54) is 16.9 Å². The highest BCUT2D eigenvalue weighted by Crippen LogP contribution is 2.31. The molecule has 3 rings (SSSR count). The second-order valence-corrected chi connectivity index (χ2v) is 4.74. The number of carbonyl (C=O) groups excluding carboxylic acids is 1. The predicted molar refractivity (Wildman–Crippen MR) is 71.2 cm³/mol. The third-order valence-electron chi connectivity index (χ3n) is 3.33. The first-order valence-corrected chi connectivity index (χ1v) is 6.76. The van der Waals surface area contributed by atoms with Gasteiger partial charge in [0.25, 0.3) is 0 Å². The molecule has 2 aromatic rings. The lowest BCUT2D eigenvalue weighted by molar-refractivity contribution is -0.0279. The second-order valence-electron chi connectivity index (χ2n) is 4.74. The van der Waals surface area contributed by atoms with Gasteiger partial charge >= 0.3 is 5.97 Å². The molecule has 3 heterocycles. The quantitative estimate of drug-likeness (QED) is 0.638. The number of rotatable bonds is 4. The number of ether oxygens (including phenoxy) is 2. The van der Waals surface area contributed by atoms with Crippen LogP contribution in [0.25, 0.3) is 11.3 Å². The molecule has 0 aliphatic carbocycles. The first-order chi connectivity index (χ1) is 10.6. The topological polar surface area (TPSA) is 66.2 Å². The van der Waals surface area contributed by atoms with Crippen LogP contribution in [0.3, 0.4) is 0 Å². The predicted octanol–water partition coefficient (Wildman–Crippen LogP) is 1.97. The van der Waals surface area contributed by atoms with Gasteiger partial charge in [-0.15, -0.1) is 0 Å². The zero-order valence-electron chi connectivity index (χ0n) is 11.8. The van der Waals surface area contributed by atoms with Crippen molar-refractivity contribution in [3.8, 4) is 11.3 Å². The van der Waals surface area contributed by atoms with E-state index in [0.29, 0.717) is 13.2 Å². The van der Waals surface area contributed by atoms with Gasteiger partial charge in [-0.1, -0.05) is 0 Å². The monoisotopic (exact) mass is 309 g/mol. The summed E-state index contributed by atoms with van der Waals surface area (Å²) >= 11 is 0. The van der Waals surface area contributed by atoms with Crippen molar-refractivity contribution >= 4 is 5.97 Å². The molecule has 0 N–H and O–H groups in total. The summed E-state index contributed by atoms with van der Waals surface area (Å²) in [6.07, 6.45) is 1.31. The van der Waals surface area contributed by atoms with Crippen molar-refractivity contribution in [1.82, 2.24) is 14.8 Å². The van der Waals surface area contributed by atoms with Crippen molar-refractivity contribution in [2.45, 2.75) is 13.0 Å². The maximum atomic E-state index is 14.0. The second kappa shape index (κ2) is 5.80. The first-order valence-electron chi connectivity index (χ1n) is 6.76. The van der Waals surface area contributed by atoms with Crippen LogP contribution in [0.5, 0.6) is 0 Å². The summed E-state index contributed by atoms with van der Waals surface area (Å²) < 4.78 is 38.6. The largest absolute Gasteiger partial charge is 0.462 e. The van der Waals surface area contributed by atoms with E-state index in [-0.39, 0.29) is 29.5 Å². The van der Waals surface area contributed by atoms with Crippen molar-refractivity contribution < 1.29 is 23.0 Å². The minimum Gasteiger partial charge on any atom is -0.462 e. The fourth-order valence-corrected chi connectivity index (χ4v) is 2.22. The van der Waals surface area contributed by atoms with Crippen molar-refractivity contribution in [2.75, 3.05) is 19.8 Å². The standard InChI is InChI=1S/C14H13F2N3O3/c1-2-22-14(20)10-5-17-19(8-6-21-7-8)12(10)9-3-4-11(15)18-13(9)16/h3-5,8H,2,6-7H2,1H3. The summed E-state index contributed by atoms with van der Waals surface area (Å²) in [5.74, 6) is -2.56. The van der Waals surface area contributed by atoms with Gasteiger partial charge in [-0.25, -0.2) is 4.79 Å². The molecule has 0 aromatic carbocycles. The summed E-state index contributed by atoms with van der Waals surface area (Å²) in [7, 11) is 0. The molecule has 8 heteroatoms. The molecule has 6 nitrogen and oxygen atoms in total. The van der Waals surface area contributed by atoms with E-state index in [4.69, 9.17) is 9.47 Å². The van der Waals surface area contributed by atoms with Crippen molar-refractivity contribution in [1.29, 1.82) is 0 Å². The van der Waals surface area contributed by atoms with E-state index in [0.717, 1.165) is 6.07 Å². The Morgan fingerprint density at radius 1 is 1.45 bits per heavy atom. The molecule has 1 fully saturated rings.